The standard InChI is InChI=1S/C16H21N3O2/c1-4-14(20)6-5-13-9-12-10-15(11-17-16(12)18-13)21-8-7-19(2)3/h5-6,9-11H,4,7-8H2,1-3H3,(H,17,18)/b6-5+. The predicted octanol–water partition coefficient (Wildman–Crippen LogP) is 2.50. The van der Waals surface area contributed by atoms with E-state index in [2.05, 4.69) is 14.9 Å². The maximum absolute atomic E-state index is 11.3. The molecule has 2 heterocycles. The van der Waals surface area contributed by atoms with Crippen LogP contribution in [0, 0.1) is 0 Å². The summed E-state index contributed by atoms with van der Waals surface area (Å²) in [6.45, 7) is 3.33. The molecular formula is C16H21N3O2. The van der Waals surface area contributed by atoms with E-state index < -0.39 is 0 Å². The molecule has 2 aromatic heterocycles. The van der Waals surface area contributed by atoms with Crippen LogP contribution >= 0.6 is 0 Å². The van der Waals surface area contributed by atoms with E-state index in [9.17, 15) is 4.79 Å². The number of fused-ring (bicyclic) bond motifs is 1. The number of nitrogens with one attached hydrogen (secondary N) is 1. The highest BCUT2D eigenvalue weighted by Crippen LogP contribution is 2.19. The van der Waals surface area contributed by atoms with Gasteiger partial charge in [0.1, 0.15) is 18.0 Å². The summed E-state index contributed by atoms with van der Waals surface area (Å²) in [5.74, 6) is 0.859. The van der Waals surface area contributed by atoms with Gasteiger partial charge in [0, 0.05) is 24.0 Å². The molecule has 21 heavy (non-hydrogen) atoms. The summed E-state index contributed by atoms with van der Waals surface area (Å²) in [6, 6.07) is 3.91. The Morgan fingerprint density at radius 2 is 2.24 bits per heavy atom. The van der Waals surface area contributed by atoms with Crippen molar-refractivity contribution in [2.75, 3.05) is 27.2 Å². The van der Waals surface area contributed by atoms with Crippen LogP contribution in [-0.4, -0.2) is 47.9 Å². The van der Waals surface area contributed by atoms with Crippen LogP contribution in [0.5, 0.6) is 5.75 Å². The molecule has 112 valence electrons. The van der Waals surface area contributed by atoms with E-state index in [0.717, 1.165) is 29.0 Å². The Kier molecular flexibility index (Phi) is 5.11. The molecule has 1 N–H and O–H groups in total. The van der Waals surface area contributed by atoms with Crippen LogP contribution in [0.3, 0.4) is 0 Å². The van der Waals surface area contributed by atoms with Crippen LogP contribution in [0.4, 0.5) is 0 Å². The molecule has 2 aromatic rings. The molecule has 0 radical (unpaired) electrons. The van der Waals surface area contributed by atoms with E-state index in [1.54, 1.807) is 18.3 Å². The van der Waals surface area contributed by atoms with Crippen molar-refractivity contribution in [3.8, 4) is 5.75 Å². The highest BCUT2D eigenvalue weighted by atomic mass is 16.5. The molecule has 5 nitrogen and oxygen atoms in total. The van der Waals surface area contributed by atoms with Gasteiger partial charge in [-0.1, -0.05) is 6.92 Å². The Balaban J connectivity index is 2.09. The number of pyridine rings is 1. The van der Waals surface area contributed by atoms with Gasteiger partial charge in [0.05, 0.1) is 6.20 Å². The van der Waals surface area contributed by atoms with Crippen LogP contribution in [0.2, 0.25) is 0 Å². The molecule has 0 saturated heterocycles. The number of H-pyrrole nitrogens is 1. The van der Waals surface area contributed by atoms with Crippen molar-refractivity contribution in [1.29, 1.82) is 0 Å². The third-order valence-corrected chi connectivity index (χ3v) is 3.07. The molecule has 0 aliphatic carbocycles. The number of aromatic nitrogens is 2. The zero-order valence-electron chi connectivity index (χ0n) is 12.7. The van der Waals surface area contributed by atoms with Gasteiger partial charge >= 0.3 is 0 Å². The first kappa shape index (κ1) is 15.3. The number of aromatic amines is 1. The van der Waals surface area contributed by atoms with E-state index in [-0.39, 0.29) is 5.78 Å². The first-order chi connectivity index (χ1) is 10.1. The molecule has 5 heteroatoms. The zero-order chi connectivity index (χ0) is 15.2. The fourth-order valence-electron chi connectivity index (χ4n) is 1.83. The van der Waals surface area contributed by atoms with Crippen molar-refractivity contribution in [3.05, 3.63) is 30.1 Å². The molecule has 0 saturated carbocycles. The molecule has 0 fully saturated rings. The Morgan fingerprint density at radius 3 is 2.95 bits per heavy atom. The van der Waals surface area contributed by atoms with E-state index in [0.29, 0.717) is 13.0 Å². The second-order valence-electron chi connectivity index (χ2n) is 5.14. The lowest BCUT2D eigenvalue weighted by Gasteiger charge is -2.10. The number of nitrogens with zero attached hydrogens (tertiary/aromatic N) is 2. The predicted molar refractivity (Wildman–Crippen MR) is 84.5 cm³/mol. The van der Waals surface area contributed by atoms with Gasteiger partial charge in [0.15, 0.2) is 5.78 Å². The van der Waals surface area contributed by atoms with Crippen molar-refractivity contribution in [1.82, 2.24) is 14.9 Å². The quantitative estimate of drug-likeness (QED) is 0.795. The summed E-state index contributed by atoms with van der Waals surface area (Å²) in [5, 5.41) is 0.973. The maximum Gasteiger partial charge on any atom is 0.155 e. The van der Waals surface area contributed by atoms with Gasteiger partial charge in [0.2, 0.25) is 0 Å². The summed E-state index contributed by atoms with van der Waals surface area (Å²) in [4.78, 5) is 20.8. The zero-order valence-corrected chi connectivity index (χ0v) is 12.7. The smallest absolute Gasteiger partial charge is 0.155 e. The minimum Gasteiger partial charge on any atom is -0.491 e. The SMILES string of the molecule is CCC(=O)/C=C/c1cc2cc(OCCN(C)C)cnc2[nH]1. The molecule has 0 aliphatic heterocycles. The molecular weight excluding hydrogens is 266 g/mol. The average Bonchev–Trinajstić information content (AvgIpc) is 2.86. The molecule has 0 aromatic carbocycles. The molecule has 0 atom stereocenters. The molecule has 0 unspecified atom stereocenters. The van der Waals surface area contributed by atoms with Crippen LogP contribution < -0.4 is 4.74 Å². The van der Waals surface area contributed by atoms with Crippen LogP contribution in [0.1, 0.15) is 19.0 Å². The number of carbonyl (C=O) groups is 1. The fraction of sp³-hybridized carbons (Fsp3) is 0.375. The number of hydrogen-bond acceptors (Lipinski definition) is 4. The van der Waals surface area contributed by atoms with Gasteiger partial charge in [0.25, 0.3) is 0 Å². The number of rotatable bonds is 7. The molecule has 0 spiro atoms. The van der Waals surface area contributed by atoms with Crippen molar-refractivity contribution in [3.63, 3.8) is 0 Å². The summed E-state index contributed by atoms with van der Waals surface area (Å²) >= 11 is 0. The lowest BCUT2D eigenvalue weighted by Crippen LogP contribution is -2.19. The molecule has 2 rings (SSSR count). The van der Waals surface area contributed by atoms with E-state index in [4.69, 9.17) is 4.74 Å². The minimum atomic E-state index is 0.106. The van der Waals surface area contributed by atoms with Crippen LogP contribution in [0.15, 0.2) is 24.4 Å². The Labute approximate surface area is 124 Å². The first-order valence-electron chi connectivity index (χ1n) is 7.05. The Bertz CT molecular complexity index is 644. The van der Waals surface area contributed by atoms with Crippen molar-refractivity contribution < 1.29 is 9.53 Å². The minimum absolute atomic E-state index is 0.106. The largest absolute Gasteiger partial charge is 0.491 e. The van der Waals surface area contributed by atoms with E-state index in [1.165, 1.54) is 0 Å². The van der Waals surface area contributed by atoms with Gasteiger partial charge in [-0.3, -0.25) is 4.79 Å². The first-order valence-corrected chi connectivity index (χ1v) is 7.05. The molecule has 0 bridgehead atoms. The van der Waals surface area contributed by atoms with Gasteiger partial charge in [-0.25, -0.2) is 4.98 Å². The lowest BCUT2D eigenvalue weighted by molar-refractivity contribution is -0.114. The van der Waals surface area contributed by atoms with Gasteiger partial charge < -0.3 is 14.6 Å². The third-order valence-electron chi connectivity index (χ3n) is 3.07. The number of allylic oxidation sites excluding steroid dienone is 1. The number of ether oxygens (including phenoxy) is 1. The normalized spacial score (nSPS) is 11.6. The number of hydrogen-bond donors (Lipinski definition) is 1. The Hall–Kier alpha value is -2.14. The Morgan fingerprint density at radius 1 is 1.43 bits per heavy atom. The average molecular weight is 287 g/mol. The summed E-state index contributed by atoms with van der Waals surface area (Å²) in [7, 11) is 4.01. The number of ketones is 1. The van der Waals surface area contributed by atoms with Crippen molar-refractivity contribution in [2.45, 2.75) is 13.3 Å². The summed E-state index contributed by atoms with van der Waals surface area (Å²) in [5.41, 5.74) is 1.66. The second-order valence-corrected chi connectivity index (χ2v) is 5.14. The van der Waals surface area contributed by atoms with Gasteiger partial charge in [-0.15, -0.1) is 0 Å². The number of likely N-dealkylation sites (N-methyl/N-ethyl adjacent to an activating group) is 1. The summed E-state index contributed by atoms with van der Waals surface area (Å²) < 4.78 is 5.66. The van der Waals surface area contributed by atoms with E-state index >= 15 is 0 Å². The fourth-order valence-corrected chi connectivity index (χ4v) is 1.83. The topological polar surface area (TPSA) is 58.2 Å². The highest BCUT2D eigenvalue weighted by molar-refractivity contribution is 5.93. The van der Waals surface area contributed by atoms with Crippen molar-refractivity contribution in [2.24, 2.45) is 0 Å². The molecule has 0 aliphatic rings. The lowest BCUT2D eigenvalue weighted by atomic mass is 10.2. The van der Waals surface area contributed by atoms with Crippen LogP contribution in [-0.2, 0) is 4.79 Å². The van der Waals surface area contributed by atoms with E-state index in [1.807, 2.05) is 33.2 Å². The summed E-state index contributed by atoms with van der Waals surface area (Å²) in [6.07, 6.45) is 5.58. The van der Waals surface area contributed by atoms with Gasteiger partial charge in [-0.2, -0.15) is 0 Å². The number of carbonyl (C=O) groups excluding carboxylic acids is 1. The monoisotopic (exact) mass is 287 g/mol. The maximum atomic E-state index is 11.3. The van der Waals surface area contributed by atoms with Crippen LogP contribution in [0.25, 0.3) is 17.1 Å². The molecule has 0 amide bonds. The second kappa shape index (κ2) is 7.04. The highest BCUT2D eigenvalue weighted by Gasteiger charge is 2.03. The van der Waals surface area contributed by atoms with Gasteiger partial charge in [-0.05, 0) is 38.4 Å². The van der Waals surface area contributed by atoms with Crippen molar-refractivity contribution >= 4 is 22.9 Å². The third kappa shape index (κ3) is 4.43.